The Morgan fingerprint density at radius 3 is 2.52 bits per heavy atom. The lowest BCUT2D eigenvalue weighted by molar-refractivity contribution is 0.282. The number of halogens is 1. The van der Waals surface area contributed by atoms with Crippen molar-refractivity contribution in [1.82, 2.24) is 5.32 Å². The van der Waals surface area contributed by atoms with Crippen molar-refractivity contribution in [3.05, 3.63) is 58.1 Å². The van der Waals surface area contributed by atoms with Crippen molar-refractivity contribution in [2.24, 2.45) is 0 Å². The van der Waals surface area contributed by atoms with E-state index < -0.39 is 0 Å². The lowest BCUT2D eigenvalue weighted by atomic mass is 9.95. The van der Waals surface area contributed by atoms with E-state index in [0.29, 0.717) is 12.6 Å². The third-order valence-corrected chi connectivity index (χ3v) is 5.30. The second-order valence-electron chi connectivity index (χ2n) is 6.60. The molecule has 134 valence electrons. The first-order valence-electron chi connectivity index (χ1n) is 9.03. The molecule has 0 amide bonds. The molecule has 1 N–H and O–H groups in total. The standard InChI is InChI=1S/C21H26BrNO2/c1-24-20-13-17(14-23-18-10-6-3-7-11-18)12-19(22)21(20)25-15-16-8-4-2-5-9-16/h2,4-5,8-9,12-13,18,23H,3,6-7,10-11,14-15H2,1H3. The topological polar surface area (TPSA) is 30.5 Å². The third kappa shape index (κ3) is 5.23. The number of methoxy groups -OCH3 is 1. The van der Waals surface area contributed by atoms with Gasteiger partial charge in [-0.15, -0.1) is 0 Å². The van der Waals surface area contributed by atoms with Crippen LogP contribution in [0.4, 0.5) is 0 Å². The van der Waals surface area contributed by atoms with Gasteiger partial charge in [0.1, 0.15) is 6.61 Å². The summed E-state index contributed by atoms with van der Waals surface area (Å²) in [6.45, 7) is 1.38. The van der Waals surface area contributed by atoms with Crippen molar-refractivity contribution in [2.75, 3.05) is 7.11 Å². The molecule has 0 heterocycles. The second kappa shape index (κ2) is 9.25. The molecule has 1 saturated carbocycles. The molecule has 2 aromatic carbocycles. The summed E-state index contributed by atoms with van der Waals surface area (Å²) in [6, 6.07) is 15.0. The Labute approximate surface area is 158 Å². The minimum Gasteiger partial charge on any atom is -0.493 e. The van der Waals surface area contributed by atoms with Gasteiger partial charge in [-0.05, 0) is 52.0 Å². The molecule has 0 bridgehead atoms. The Morgan fingerprint density at radius 1 is 1.04 bits per heavy atom. The Kier molecular flexibility index (Phi) is 6.76. The summed E-state index contributed by atoms with van der Waals surface area (Å²) in [7, 11) is 1.69. The summed E-state index contributed by atoms with van der Waals surface area (Å²) in [5.41, 5.74) is 2.35. The zero-order valence-corrected chi connectivity index (χ0v) is 16.3. The lowest BCUT2D eigenvalue weighted by Crippen LogP contribution is -2.30. The van der Waals surface area contributed by atoms with E-state index in [2.05, 4.69) is 45.5 Å². The van der Waals surface area contributed by atoms with Crippen LogP contribution >= 0.6 is 15.9 Å². The van der Waals surface area contributed by atoms with Crippen LogP contribution in [0.3, 0.4) is 0 Å². The number of ether oxygens (including phenoxy) is 2. The van der Waals surface area contributed by atoms with Crippen molar-refractivity contribution in [1.29, 1.82) is 0 Å². The van der Waals surface area contributed by atoms with Gasteiger partial charge in [0.2, 0.25) is 0 Å². The Bertz CT molecular complexity index is 669. The van der Waals surface area contributed by atoms with Crippen LogP contribution in [0.2, 0.25) is 0 Å². The SMILES string of the molecule is COc1cc(CNC2CCCCC2)cc(Br)c1OCc1ccccc1. The van der Waals surface area contributed by atoms with Crippen LogP contribution < -0.4 is 14.8 Å². The highest BCUT2D eigenvalue weighted by molar-refractivity contribution is 9.10. The summed E-state index contributed by atoms with van der Waals surface area (Å²) in [4.78, 5) is 0. The largest absolute Gasteiger partial charge is 0.493 e. The van der Waals surface area contributed by atoms with Crippen LogP contribution in [-0.4, -0.2) is 13.2 Å². The van der Waals surface area contributed by atoms with Crippen LogP contribution in [0.1, 0.15) is 43.2 Å². The van der Waals surface area contributed by atoms with Gasteiger partial charge < -0.3 is 14.8 Å². The van der Waals surface area contributed by atoms with Gasteiger partial charge in [0.05, 0.1) is 11.6 Å². The van der Waals surface area contributed by atoms with E-state index in [4.69, 9.17) is 9.47 Å². The first-order valence-corrected chi connectivity index (χ1v) is 9.82. The molecule has 0 saturated heterocycles. The quantitative estimate of drug-likeness (QED) is 0.665. The van der Waals surface area contributed by atoms with Gasteiger partial charge in [-0.25, -0.2) is 0 Å². The first kappa shape index (κ1) is 18.3. The zero-order valence-electron chi connectivity index (χ0n) is 14.8. The fourth-order valence-electron chi connectivity index (χ4n) is 3.31. The van der Waals surface area contributed by atoms with Gasteiger partial charge in [-0.1, -0.05) is 49.6 Å². The molecule has 1 aliphatic rings. The Balaban J connectivity index is 1.65. The van der Waals surface area contributed by atoms with Gasteiger partial charge in [0, 0.05) is 12.6 Å². The molecule has 0 aliphatic heterocycles. The summed E-state index contributed by atoms with van der Waals surface area (Å²) in [5, 5.41) is 3.68. The van der Waals surface area contributed by atoms with Crippen molar-refractivity contribution < 1.29 is 9.47 Å². The Hall–Kier alpha value is -1.52. The van der Waals surface area contributed by atoms with Crippen LogP contribution in [-0.2, 0) is 13.2 Å². The van der Waals surface area contributed by atoms with Crippen LogP contribution in [0.15, 0.2) is 46.9 Å². The van der Waals surface area contributed by atoms with Crippen LogP contribution in [0.25, 0.3) is 0 Å². The maximum Gasteiger partial charge on any atom is 0.175 e. The fourth-order valence-corrected chi connectivity index (χ4v) is 3.92. The van der Waals surface area contributed by atoms with E-state index in [1.54, 1.807) is 7.11 Å². The normalized spacial score (nSPS) is 15.1. The minimum atomic E-state index is 0.523. The third-order valence-electron chi connectivity index (χ3n) is 4.72. The molecule has 0 aromatic heterocycles. The predicted octanol–water partition coefficient (Wildman–Crippen LogP) is 5.46. The van der Waals surface area contributed by atoms with E-state index in [0.717, 1.165) is 28.1 Å². The highest BCUT2D eigenvalue weighted by Gasteiger charge is 2.15. The van der Waals surface area contributed by atoms with E-state index in [1.165, 1.54) is 37.7 Å². The maximum atomic E-state index is 6.00. The zero-order chi connectivity index (χ0) is 17.5. The van der Waals surface area contributed by atoms with Crippen LogP contribution in [0.5, 0.6) is 11.5 Å². The van der Waals surface area contributed by atoms with Crippen molar-refractivity contribution >= 4 is 15.9 Å². The molecular formula is C21H26BrNO2. The Morgan fingerprint density at radius 2 is 1.80 bits per heavy atom. The molecule has 0 radical (unpaired) electrons. The van der Waals surface area contributed by atoms with E-state index in [-0.39, 0.29) is 0 Å². The van der Waals surface area contributed by atoms with Gasteiger partial charge in [-0.2, -0.15) is 0 Å². The van der Waals surface area contributed by atoms with Gasteiger partial charge in [-0.3, -0.25) is 0 Å². The fraction of sp³-hybridized carbons (Fsp3) is 0.429. The van der Waals surface area contributed by atoms with E-state index >= 15 is 0 Å². The summed E-state index contributed by atoms with van der Waals surface area (Å²) in [5.74, 6) is 1.53. The minimum absolute atomic E-state index is 0.523. The number of hydrogen-bond donors (Lipinski definition) is 1. The van der Waals surface area contributed by atoms with Gasteiger partial charge in [0.15, 0.2) is 11.5 Å². The molecule has 25 heavy (non-hydrogen) atoms. The molecule has 1 aliphatic carbocycles. The van der Waals surface area contributed by atoms with E-state index in [9.17, 15) is 0 Å². The highest BCUT2D eigenvalue weighted by Crippen LogP contribution is 2.37. The van der Waals surface area contributed by atoms with Gasteiger partial charge >= 0.3 is 0 Å². The summed E-state index contributed by atoms with van der Waals surface area (Å²) >= 11 is 3.65. The number of rotatable bonds is 7. The number of benzene rings is 2. The molecule has 3 nitrogen and oxygen atoms in total. The molecule has 1 fully saturated rings. The predicted molar refractivity (Wildman–Crippen MR) is 105 cm³/mol. The molecule has 4 heteroatoms. The second-order valence-corrected chi connectivity index (χ2v) is 7.45. The first-order chi connectivity index (χ1) is 12.3. The molecule has 3 rings (SSSR count). The number of hydrogen-bond acceptors (Lipinski definition) is 3. The smallest absolute Gasteiger partial charge is 0.175 e. The molecule has 0 unspecified atom stereocenters. The van der Waals surface area contributed by atoms with Crippen molar-refractivity contribution in [3.8, 4) is 11.5 Å². The van der Waals surface area contributed by atoms with Crippen molar-refractivity contribution in [3.63, 3.8) is 0 Å². The monoisotopic (exact) mass is 403 g/mol. The van der Waals surface area contributed by atoms with Crippen LogP contribution in [0, 0.1) is 0 Å². The number of nitrogens with one attached hydrogen (secondary N) is 1. The van der Waals surface area contributed by atoms with E-state index in [1.807, 2.05) is 18.2 Å². The average molecular weight is 404 g/mol. The summed E-state index contributed by atoms with van der Waals surface area (Å²) in [6.07, 6.45) is 6.64. The summed E-state index contributed by atoms with van der Waals surface area (Å²) < 4.78 is 12.5. The lowest BCUT2D eigenvalue weighted by Gasteiger charge is -2.23. The molecule has 0 spiro atoms. The molecule has 0 atom stereocenters. The highest BCUT2D eigenvalue weighted by atomic mass is 79.9. The average Bonchev–Trinajstić information content (AvgIpc) is 2.66. The maximum absolute atomic E-state index is 6.00. The van der Waals surface area contributed by atoms with Gasteiger partial charge in [0.25, 0.3) is 0 Å². The molecule has 2 aromatic rings. The van der Waals surface area contributed by atoms with Crippen molar-refractivity contribution in [2.45, 2.75) is 51.3 Å². The molecular weight excluding hydrogens is 378 g/mol.